The quantitative estimate of drug-likeness (QED) is 0.744. The van der Waals surface area contributed by atoms with Crippen LogP contribution in [0, 0.1) is 11.7 Å². The zero-order valence-corrected chi connectivity index (χ0v) is 10.7. The van der Waals surface area contributed by atoms with E-state index in [0.717, 1.165) is 24.7 Å². The maximum absolute atomic E-state index is 13.0. The Kier molecular flexibility index (Phi) is 4.74. The fourth-order valence-corrected chi connectivity index (χ4v) is 1.70. The molecule has 4 nitrogen and oxygen atoms in total. The summed E-state index contributed by atoms with van der Waals surface area (Å²) in [6, 6.07) is 3.30. The maximum Gasteiger partial charge on any atom is 0.255 e. The van der Waals surface area contributed by atoms with Crippen molar-refractivity contribution < 1.29 is 19.0 Å². The summed E-state index contributed by atoms with van der Waals surface area (Å²) >= 11 is 0. The minimum absolute atomic E-state index is 0.0427. The second-order valence-corrected chi connectivity index (χ2v) is 4.79. The average Bonchev–Trinajstić information content (AvgIpc) is 3.20. The van der Waals surface area contributed by atoms with Crippen LogP contribution in [0.2, 0.25) is 0 Å². The summed E-state index contributed by atoms with van der Waals surface area (Å²) in [6.07, 6.45) is 3.22. The Labute approximate surface area is 111 Å². The number of aromatic hydroxyl groups is 1. The Morgan fingerprint density at radius 3 is 3.00 bits per heavy atom. The topological polar surface area (TPSA) is 58.6 Å². The number of rotatable bonds is 7. The molecule has 0 saturated heterocycles. The van der Waals surface area contributed by atoms with Crippen molar-refractivity contribution in [2.75, 3.05) is 19.8 Å². The summed E-state index contributed by atoms with van der Waals surface area (Å²) in [5, 5.41) is 12.1. The van der Waals surface area contributed by atoms with Crippen molar-refractivity contribution in [3.8, 4) is 5.75 Å². The van der Waals surface area contributed by atoms with Gasteiger partial charge in [-0.15, -0.1) is 0 Å². The number of phenols is 1. The zero-order valence-electron chi connectivity index (χ0n) is 10.7. The molecule has 104 valence electrons. The van der Waals surface area contributed by atoms with E-state index in [4.69, 9.17) is 4.74 Å². The summed E-state index contributed by atoms with van der Waals surface area (Å²) in [5.41, 5.74) is -0.0427. The molecule has 1 saturated carbocycles. The van der Waals surface area contributed by atoms with Crippen molar-refractivity contribution in [1.29, 1.82) is 0 Å². The number of halogens is 1. The second-order valence-electron chi connectivity index (χ2n) is 4.79. The van der Waals surface area contributed by atoms with Gasteiger partial charge in [0.1, 0.15) is 11.6 Å². The summed E-state index contributed by atoms with van der Waals surface area (Å²) in [5.74, 6) is -0.502. The summed E-state index contributed by atoms with van der Waals surface area (Å²) in [4.78, 5) is 11.7. The van der Waals surface area contributed by atoms with Crippen LogP contribution in [0.3, 0.4) is 0 Å². The molecule has 0 spiro atoms. The molecule has 0 atom stereocenters. The predicted molar refractivity (Wildman–Crippen MR) is 68.6 cm³/mol. The number of carbonyl (C=O) groups excluding carboxylic acids is 1. The molecule has 0 heterocycles. The fourth-order valence-electron chi connectivity index (χ4n) is 1.70. The molecule has 1 aromatic rings. The average molecular weight is 267 g/mol. The number of benzene rings is 1. The number of carbonyl (C=O) groups is 1. The van der Waals surface area contributed by atoms with Crippen molar-refractivity contribution in [1.82, 2.24) is 5.32 Å². The molecule has 1 fully saturated rings. The van der Waals surface area contributed by atoms with Crippen molar-refractivity contribution in [3.63, 3.8) is 0 Å². The van der Waals surface area contributed by atoms with Crippen LogP contribution >= 0.6 is 0 Å². The van der Waals surface area contributed by atoms with Crippen LogP contribution in [0.15, 0.2) is 18.2 Å². The lowest BCUT2D eigenvalue weighted by molar-refractivity contribution is 0.0934. The van der Waals surface area contributed by atoms with Crippen molar-refractivity contribution in [3.05, 3.63) is 29.6 Å². The van der Waals surface area contributed by atoms with Crippen LogP contribution in [0.4, 0.5) is 4.39 Å². The lowest BCUT2D eigenvalue weighted by Crippen LogP contribution is -2.25. The molecule has 0 aromatic heterocycles. The minimum Gasteiger partial charge on any atom is -0.507 e. The van der Waals surface area contributed by atoms with Gasteiger partial charge in [-0.3, -0.25) is 4.79 Å². The van der Waals surface area contributed by atoms with E-state index >= 15 is 0 Å². The Morgan fingerprint density at radius 2 is 2.26 bits per heavy atom. The first-order valence-electron chi connectivity index (χ1n) is 6.51. The number of hydrogen-bond acceptors (Lipinski definition) is 3. The van der Waals surface area contributed by atoms with Gasteiger partial charge in [-0.05, 0) is 43.4 Å². The second kappa shape index (κ2) is 6.52. The third kappa shape index (κ3) is 4.52. The van der Waals surface area contributed by atoms with Crippen molar-refractivity contribution in [2.45, 2.75) is 19.3 Å². The van der Waals surface area contributed by atoms with Gasteiger partial charge in [0, 0.05) is 19.8 Å². The number of ether oxygens (including phenoxy) is 1. The van der Waals surface area contributed by atoms with Crippen LogP contribution < -0.4 is 5.32 Å². The van der Waals surface area contributed by atoms with Gasteiger partial charge in [-0.25, -0.2) is 4.39 Å². The Morgan fingerprint density at radius 1 is 1.47 bits per heavy atom. The van der Waals surface area contributed by atoms with E-state index in [9.17, 15) is 14.3 Å². The van der Waals surface area contributed by atoms with E-state index in [0.29, 0.717) is 19.6 Å². The van der Waals surface area contributed by atoms with Crippen molar-refractivity contribution >= 4 is 5.91 Å². The molecule has 1 amide bonds. The highest BCUT2D eigenvalue weighted by atomic mass is 19.1. The Hall–Kier alpha value is -1.62. The van der Waals surface area contributed by atoms with Gasteiger partial charge < -0.3 is 15.2 Å². The molecule has 1 aliphatic rings. The molecular formula is C14H18FNO3. The lowest BCUT2D eigenvalue weighted by atomic mass is 10.2. The molecule has 0 bridgehead atoms. The highest BCUT2D eigenvalue weighted by Gasteiger charge is 2.20. The van der Waals surface area contributed by atoms with Gasteiger partial charge in [-0.2, -0.15) is 0 Å². The third-order valence-electron chi connectivity index (χ3n) is 3.00. The molecule has 0 radical (unpaired) electrons. The monoisotopic (exact) mass is 267 g/mol. The molecule has 1 aromatic carbocycles. The van der Waals surface area contributed by atoms with Gasteiger partial charge in [0.2, 0.25) is 0 Å². The largest absolute Gasteiger partial charge is 0.507 e. The van der Waals surface area contributed by atoms with E-state index in [1.165, 1.54) is 18.9 Å². The fraction of sp³-hybridized carbons (Fsp3) is 0.500. The summed E-state index contributed by atoms with van der Waals surface area (Å²) in [7, 11) is 0. The number of amides is 1. The molecule has 2 rings (SSSR count). The number of hydrogen-bond donors (Lipinski definition) is 2. The highest BCUT2D eigenvalue weighted by molar-refractivity contribution is 5.96. The highest BCUT2D eigenvalue weighted by Crippen LogP contribution is 2.28. The Bertz CT molecular complexity index is 446. The standard InChI is InChI=1S/C14H18FNO3/c15-11-4-5-13(17)12(8-11)14(18)16-6-1-7-19-9-10-2-3-10/h4-5,8,10,17H,1-3,6-7,9H2,(H,16,18). The van der Waals surface area contributed by atoms with Gasteiger partial charge in [0.25, 0.3) is 5.91 Å². The van der Waals surface area contributed by atoms with Gasteiger partial charge >= 0.3 is 0 Å². The van der Waals surface area contributed by atoms with Gasteiger partial charge in [0.05, 0.1) is 5.56 Å². The SMILES string of the molecule is O=C(NCCCOCC1CC1)c1cc(F)ccc1O. The van der Waals surface area contributed by atoms with E-state index in [2.05, 4.69) is 5.32 Å². The van der Waals surface area contributed by atoms with E-state index in [-0.39, 0.29) is 11.3 Å². The number of phenolic OH excluding ortho intramolecular Hbond substituents is 1. The van der Waals surface area contributed by atoms with Gasteiger partial charge in [0.15, 0.2) is 0 Å². The van der Waals surface area contributed by atoms with Crippen LogP contribution in [0.25, 0.3) is 0 Å². The third-order valence-corrected chi connectivity index (χ3v) is 3.00. The van der Waals surface area contributed by atoms with Crippen molar-refractivity contribution in [2.24, 2.45) is 5.92 Å². The maximum atomic E-state index is 13.0. The first-order valence-corrected chi connectivity index (χ1v) is 6.51. The molecule has 0 aliphatic heterocycles. The summed E-state index contributed by atoms with van der Waals surface area (Å²) < 4.78 is 18.4. The molecule has 1 aliphatic carbocycles. The summed E-state index contributed by atoms with van der Waals surface area (Å²) in [6.45, 7) is 1.85. The van der Waals surface area contributed by atoms with Gasteiger partial charge in [-0.1, -0.05) is 0 Å². The molecule has 5 heteroatoms. The molecule has 2 N–H and O–H groups in total. The normalized spacial score (nSPS) is 14.4. The minimum atomic E-state index is -0.546. The predicted octanol–water partition coefficient (Wildman–Crippen LogP) is 2.08. The van der Waals surface area contributed by atoms with E-state index < -0.39 is 11.7 Å². The molecular weight excluding hydrogens is 249 g/mol. The Balaban J connectivity index is 1.66. The van der Waals surface area contributed by atoms with Crippen LogP contribution in [0.5, 0.6) is 5.75 Å². The van der Waals surface area contributed by atoms with Crippen LogP contribution in [-0.2, 0) is 4.74 Å². The van der Waals surface area contributed by atoms with Crippen LogP contribution in [0.1, 0.15) is 29.6 Å². The first kappa shape index (κ1) is 13.8. The number of nitrogens with one attached hydrogen (secondary N) is 1. The van der Waals surface area contributed by atoms with E-state index in [1.54, 1.807) is 0 Å². The molecule has 0 unspecified atom stereocenters. The smallest absolute Gasteiger partial charge is 0.255 e. The zero-order chi connectivity index (χ0) is 13.7. The van der Waals surface area contributed by atoms with Crippen LogP contribution in [-0.4, -0.2) is 30.8 Å². The first-order chi connectivity index (χ1) is 9.16. The molecule has 19 heavy (non-hydrogen) atoms. The van der Waals surface area contributed by atoms with E-state index in [1.807, 2.05) is 0 Å². The lowest BCUT2D eigenvalue weighted by Gasteiger charge is -2.07.